The number of amides is 1. The first-order chi connectivity index (χ1) is 10.6. The van der Waals surface area contributed by atoms with E-state index in [1.165, 1.54) is 28.7 Å². The summed E-state index contributed by atoms with van der Waals surface area (Å²) in [7, 11) is 0. The average Bonchev–Trinajstić information content (AvgIpc) is 2.95. The van der Waals surface area contributed by atoms with Crippen molar-refractivity contribution in [1.82, 2.24) is 0 Å². The molecule has 0 atom stereocenters. The van der Waals surface area contributed by atoms with Crippen molar-refractivity contribution in [1.29, 1.82) is 0 Å². The summed E-state index contributed by atoms with van der Waals surface area (Å²) in [6.45, 7) is 4.08. The van der Waals surface area contributed by atoms with Crippen molar-refractivity contribution >= 4 is 40.0 Å². The molecule has 0 unspecified atom stereocenters. The number of benzene rings is 1. The van der Waals surface area contributed by atoms with Crippen molar-refractivity contribution in [2.24, 2.45) is 0 Å². The molecule has 4 nitrogen and oxygen atoms in total. The second-order valence-corrected chi connectivity index (χ2v) is 6.50. The van der Waals surface area contributed by atoms with E-state index in [0.29, 0.717) is 22.9 Å². The van der Waals surface area contributed by atoms with Crippen LogP contribution >= 0.6 is 23.1 Å². The van der Waals surface area contributed by atoms with Crippen LogP contribution in [0, 0.1) is 6.92 Å². The number of hydrogen-bond acceptors (Lipinski definition) is 5. The van der Waals surface area contributed by atoms with Crippen LogP contribution in [-0.4, -0.2) is 24.2 Å². The number of esters is 1. The lowest BCUT2D eigenvalue weighted by atomic mass is 10.2. The lowest BCUT2D eigenvalue weighted by Gasteiger charge is -2.06. The second kappa shape index (κ2) is 8.00. The SMILES string of the molecule is CCOC(=O)c1ccsc1NC(=O)CSc1ccc(C)cc1. The van der Waals surface area contributed by atoms with E-state index in [9.17, 15) is 9.59 Å². The van der Waals surface area contributed by atoms with E-state index >= 15 is 0 Å². The number of thioether (sulfide) groups is 1. The quantitative estimate of drug-likeness (QED) is 0.641. The molecule has 1 aromatic heterocycles. The zero-order chi connectivity index (χ0) is 15.9. The fourth-order valence-electron chi connectivity index (χ4n) is 1.72. The minimum Gasteiger partial charge on any atom is -0.462 e. The second-order valence-electron chi connectivity index (χ2n) is 4.53. The zero-order valence-electron chi connectivity index (χ0n) is 12.4. The molecule has 2 aromatic rings. The molecule has 0 aliphatic rings. The summed E-state index contributed by atoms with van der Waals surface area (Å²) >= 11 is 2.77. The van der Waals surface area contributed by atoms with Gasteiger partial charge in [0.05, 0.1) is 17.9 Å². The Bertz CT molecular complexity index is 650. The third-order valence-corrected chi connectivity index (χ3v) is 4.65. The Kier molecular flexibility index (Phi) is 6.03. The summed E-state index contributed by atoms with van der Waals surface area (Å²) < 4.78 is 4.96. The van der Waals surface area contributed by atoms with Crippen LogP contribution in [0.15, 0.2) is 40.6 Å². The highest BCUT2D eigenvalue weighted by atomic mass is 32.2. The summed E-state index contributed by atoms with van der Waals surface area (Å²) in [5.74, 6) is -0.257. The minimum atomic E-state index is -0.412. The Morgan fingerprint density at radius 2 is 1.95 bits per heavy atom. The van der Waals surface area contributed by atoms with Crippen LogP contribution in [0.2, 0.25) is 0 Å². The number of carbonyl (C=O) groups is 2. The smallest absolute Gasteiger partial charge is 0.341 e. The van der Waals surface area contributed by atoms with Crippen molar-refractivity contribution < 1.29 is 14.3 Å². The van der Waals surface area contributed by atoms with E-state index in [2.05, 4.69) is 5.32 Å². The van der Waals surface area contributed by atoms with E-state index < -0.39 is 5.97 Å². The van der Waals surface area contributed by atoms with Gasteiger partial charge in [-0.3, -0.25) is 4.79 Å². The first kappa shape index (κ1) is 16.6. The van der Waals surface area contributed by atoms with Gasteiger partial charge in [0.2, 0.25) is 5.91 Å². The number of aryl methyl sites for hydroxylation is 1. The maximum atomic E-state index is 12.0. The predicted octanol–water partition coefficient (Wildman–Crippen LogP) is 3.96. The molecule has 0 saturated carbocycles. The third kappa shape index (κ3) is 4.61. The Labute approximate surface area is 137 Å². The molecule has 0 saturated heterocycles. The van der Waals surface area contributed by atoms with Gasteiger partial charge in [-0.1, -0.05) is 17.7 Å². The molecule has 1 aromatic carbocycles. The summed E-state index contributed by atoms with van der Waals surface area (Å²) in [4.78, 5) is 24.8. The van der Waals surface area contributed by atoms with E-state index in [1.807, 2.05) is 31.2 Å². The number of ether oxygens (including phenoxy) is 1. The molecule has 6 heteroatoms. The molecule has 2 rings (SSSR count). The highest BCUT2D eigenvalue weighted by Gasteiger charge is 2.15. The molecule has 116 valence electrons. The van der Waals surface area contributed by atoms with Crippen LogP contribution in [0.5, 0.6) is 0 Å². The van der Waals surface area contributed by atoms with Crippen LogP contribution in [0.3, 0.4) is 0 Å². The lowest BCUT2D eigenvalue weighted by molar-refractivity contribution is -0.113. The standard InChI is InChI=1S/C16H17NO3S2/c1-3-20-16(19)13-8-9-21-15(13)17-14(18)10-22-12-6-4-11(2)5-7-12/h4-9H,3,10H2,1-2H3,(H,17,18). The van der Waals surface area contributed by atoms with E-state index in [1.54, 1.807) is 18.4 Å². The maximum Gasteiger partial charge on any atom is 0.341 e. The van der Waals surface area contributed by atoms with Crippen molar-refractivity contribution in [3.8, 4) is 0 Å². The summed E-state index contributed by atoms with van der Waals surface area (Å²) in [5, 5.41) is 5.06. The van der Waals surface area contributed by atoms with Gasteiger partial charge in [0.1, 0.15) is 5.00 Å². The van der Waals surface area contributed by atoms with E-state index in [0.717, 1.165) is 4.90 Å². The van der Waals surface area contributed by atoms with Crippen molar-refractivity contribution in [2.45, 2.75) is 18.7 Å². The zero-order valence-corrected chi connectivity index (χ0v) is 14.1. The largest absolute Gasteiger partial charge is 0.462 e. The van der Waals surface area contributed by atoms with Crippen LogP contribution in [0.4, 0.5) is 5.00 Å². The number of hydrogen-bond donors (Lipinski definition) is 1. The number of carbonyl (C=O) groups excluding carboxylic acids is 2. The van der Waals surface area contributed by atoms with Gasteiger partial charge in [0, 0.05) is 4.90 Å². The Morgan fingerprint density at radius 1 is 1.23 bits per heavy atom. The molecular weight excluding hydrogens is 318 g/mol. The topological polar surface area (TPSA) is 55.4 Å². The van der Waals surface area contributed by atoms with Gasteiger partial charge in [0.25, 0.3) is 0 Å². The third-order valence-electron chi connectivity index (χ3n) is 2.80. The lowest BCUT2D eigenvalue weighted by Crippen LogP contribution is -2.15. The fourth-order valence-corrected chi connectivity index (χ4v) is 3.21. The van der Waals surface area contributed by atoms with Gasteiger partial charge in [-0.05, 0) is 37.4 Å². The Hall–Kier alpha value is -1.79. The predicted molar refractivity (Wildman–Crippen MR) is 90.8 cm³/mol. The van der Waals surface area contributed by atoms with Crippen LogP contribution in [0.1, 0.15) is 22.8 Å². The molecule has 1 heterocycles. The number of anilines is 1. The molecule has 0 aliphatic carbocycles. The molecule has 22 heavy (non-hydrogen) atoms. The maximum absolute atomic E-state index is 12.0. The van der Waals surface area contributed by atoms with Gasteiger partial charge in [-0.25, -0.2) is 4.79 Å². The minimum absolute atomic E-state index is 0.140. The monoisotopic (exact) mass is 335 g/mol. The highest BCUT2D eigenvalue weighted by Crippen LogP contribution is 2.25. The van der Waals surface area contributed by atoms with Crippen molar-refractivity contribution in [3.63, 3.8) is 0 Å². The molecular formula is C16H17NO3S2. The van der Waals surface area contributed by atoms with Crippen molar-refractivity contribution in [3.05, 3.63) is 46.8 Å². The fraction of sp³-hybridized carbons (Fsp3) is 0.250. The molecule has 1 N–H and O–H groups in total. The molecule has 0 aliphatic heterocycles. The average molecular weight is 335 g/mol. The van der Waals surface area contributed by atoms with Crippen molar-refractivity contribution in [2.75, 3.05) is 17.7 Å². The summed E-state index contributed by atoms with van der Waals surface area (Å²) in [5.41, 5.74) is 1.59. The van der Waals surface area contributed by atoms with Gasteiger partial charge in [0.15, 0.2) is 0 Å². The van der Waals surface area contributed by atoms with Gasteiger partial charge in [-0.2, -0.15) is 0 Å². The molecule has 0 radical (unpaired) electrons. The van der Waals surface area contributed by atoms with Crippen LogP contribution < -0.4 is 5.32 Å². The number of rotatable bonds is 6. The van der Waals surface area contributed by atoms with Crippen LogP contribution in [0.25, 0.3) is 0 Å². The Balaban J connectivity index is 1.91. The number of thiophene rings is 1. The van der Waals surface area contributed by atoms with Crippen LogP contribution in [-0.2, 0) is 9.53 Å². The van der Waals surface area contributed by atoms with Gasteiger partial charge in [-0.15, -0.1) is 23.1 Å². The van der Waals surface area contributed by atoms with E-state index in [4.69, 9.17) is 4.74 Å². The first-order valence-electron chi connectivity index (χ1n) is 6.84. The molecule has 1 amide bonds. The molecule has 0 fully saturated rings. The highest BCUT2D eigenvalue weighted by molar-refractivity contribution is 8.00. The molecule has 0 spiro atoms. The van der Waals surface area contributed by atoms with Gasteiger partial charge >= 0.3 is 5.97 Å². The Morgan fingerprint density at radius 3 is 2.64 bits per heavy atom. The molecule has 0 bridgehead atoms. The summed E-state index contributed by atoms with van der Waals surface area (Å²) in [6, 6.07) is 9.66. The van der Waals surface area contributed by atoms with E-state index in [-0.39, 0.29) is 5.91 Å². The first-order valence-corrected chi connectivity index (χ1v) is 8.70. The number of nitrogens with one attached hydrogen (secondary N) is 1. The summed E-state index contributed by atoms with van der Waals surface area (Å²) in [6.07, 6.45) is 0. The van der Waals surface area contributed by atoms with Gasteiger partial charge < -0.3 is 10.1 Å². The normalized spacial score (nSPS) is 10.3.